The van der Waals surface area contributed by atoms with Crippen molar-refractivity contribution in [2.75, 3.05) is 13.7 Å². The van der Waals surface area contributed by atoms with Gasteiger partial charge in [0.25, 0.3) is 0 Å². The van der Waals surface area contributed by atoms with E-state index in [0.717, 1.165) is 22.3 Å². The van der Waals surface area contributed by atoms with E-state index in [2.05, 4.69) is 6.58 Å². The van der Waals surface area contributed by atoms with Crippen molar-refractivity contribution in [2.45, 2.75) is 56.9 Å². The number of hydrogen-bond donors (Lipinski definition) is 0. The molecule has 0 spiro atoms. The van der Waals surface area contributed by atoms with Gasteiger partial charge in [-0.05, 0) is 22.3 Å². The third-order valence-corrected chi connectivity index (χ3v) is 7.67. The van der Waals surface area contributed by atoms with E-state index in [-0.39, 0.29) is 18.8 Å². The molecule has 1 heterocycles. The summed E-state index contributed by atoms with van der Waals surface area (Å²) < 4.78 is 37.8. The van der Waals surface area contributed by atoms with E-state index >= 15 is 0 Å². The monoisotopic (exact) mass is 608 g/mol. The Balaban J connectivity index is 1.47. The smallest absolute Gasteiger partial charge is 0.335 e. The van der Waals surface area contributed by atoms with Crippen molar-refractivity contribution in [3.63, 3.8) is 0 Å². The summed E-state index contributed by atoms with van der Waals surface area (Å²) in [5.41, 5.74) is 4.14. The summed E-state index contributed by atoms with van der Waals surface area (Å²) in [6, 6.07) is 39.6. The quantitative estimate of drug-likeness (QED) is 0.113. The Morgan fingerprint density at radius 2 is 1.00 bits per heavy atom. The fourth-order valence-electron chi connectivity index (χ4n) is 5.32. The summed E-state index contributed by atoms with van der Waals surface area (Å²) in [7, 11) is 1.33. The maximum Gasteiger partial charge on any atom is 0.335 e. The zero-order valence-electron chi connectivity index (χ0n) is 25.5. The van der Waals surface area contributed by atoms with E-state index in [9.17, 15) is 4.79 Å². The highest BCUT2D eigenvalue weighted by molar-refractivity contribution is 5.89. The number of hydrogen-bond acceptors (Lipinski definition) is 7. The van der Waals surface area contributed by atoms with Gasteiger partial charge in [0.05, 0.1) is 45.7 Å². The molecule has 5 rings (SSSR count). The lowest BCUT2D eigenvalue weighted by atomic mass is 9.90. The summed E-state index contributed by atoms with van der Waals surface area (Å²) in [4.78, 5) is 12.9. The Morgan fingerprint density at radius 3 is 1.44 bits per heavy atom. The molecular formula is C38H40O7. The predicted octanol–water partition coefficient (Wildman–Crippen LogP) is 6.46. The minimum Gasteiger partial charge on any atom is -0.466 e. The molecule has 1 fully saturated rings. The van der Waals surface area contributed by atoms with Gasteiger partial charge in [-0.3, -0.25) is 0 Å². The van der Waals surface area contributed by atoms with E-state index in [0.29, 0.717) is 19.8 Å². The van der Waals surface area contributed by atoms with Crippen molar-refractivity contribution in [1.29, 1.82) is 0 Å². The Labute approximate surface area is 265 Å². The molecule has 0 N–H and O–H groups in total. The van der Waals surface area contributed by atoms with Gasteiger partial charge in [-0.2, -0.15) is 0 Å². The van der Waals surface area contributed by atoms with E-state index in [1.54, 1.807) is 0 Å². The first-order valence-corrected chi connectivity index (χ1v) is 15.1. The van der Waals surface area contributed by atoms with Crippen LogP contribution in [0.4, 0.5) is 0 Å². The second-order valence-corrected chi connectivity index (χ2v) is 10.9. The van der Waals surface area contributed by atoms with Crippen LogP contribution in [0.2, 0.25) is 0 Å². The Bertz CT molecular complexity index is 1450. The van der Waals surface area contributed by atoms with Gasteiger partial charge >= 0.3 is 5.97 Å². The standard InChI is InChI=1S/C38H40O7/c1-28(38(39)40-2)34-36(43-25-31-19-11-5-12-20-31)37(44-26-32-21-13-6-14-22-32)35(42-24-30-17-9-4-10-18-30)33(45-34)27-41-23-29-15-7-3-8-16-29/h3-22,33-37H,1,23-27H2,2H3/t33-,34+,35-,36-,37+/m1/s1. The van der Waals surface area contributed by atoms with Gasteiger partial charge < -0.3 is 28.4 Å². The molecule has 0 saturated carbocycles. The molecule has 1 aliphatic rings. The first-order chi connectivity index (χ1) is 22.1. The maximum atomic E-state index is 12.9. The highest BCUT2D eigenvalue weighted by atomic mass is 16.6. The van der Waals surface area contributed by atoms with Crippen molar-refractivity contribution < 1.29 is 33.2 Å². The number of methoxy groups -OCH3 is 1. The summed E-state index contributed by atoms with van der Waals surface area (Å²) in [5.74, 6) is -0.581. The van der Waals surface area contributed by atoms with Crippen molar-refractivity contribution in [3.05, 3.63) is 156 Å². The number of esters is 1. The summed E-state index contributed by atoms with van der Waals surface area (Å²) in [6.07, 6.45) is -3.48. The van der Waals surface area contributed by atoms with Crippen LogP contribution in [0.1, 0.15) is 22.3 Å². The third kappa shape index (κ3) is 9.20. The number of carbonyl (C=O) groups is 1. The lowest BCUT2D eigenvalue weighted by Gasteiger charge is -2.46. The van der Waals surface area contributed by atoms with Crippen molar-refractivity contribution in [3.8, 4) is 0 Å². The first-order valence-electron chi connectivity index (χ1n) is 15.1. The van der Waals surface area contributed by atoms with Gasteiger partial charge in [0, 0.05) is 0 Å². The lowest BCUT2D eigenvalue weighted by molar-refractivity contribution is -0.265. The van der Waals surface area contributed by atoms with Crippen LogP contribution >= 0.6 is 0 Å². The van der Waals surface area contributed by atoms with Gasteiger partial charge in [0.1, 0.15) is 30.5 Å². The fraction of sp³-hybridized carbons (Fsp3) is 0.289. The molecule has 45 heavy (non-hydrogen) atoms. The lowest BCUT2D eigenvalue weighted by Crippen LogP contribution is -2.62. The van der Waals surface area contributed by atoms with Crippen molar-refractivity contribution >= 4 is 5.97 Å². The molecule has 234 valence electrons. The maximum absolute atomic E-state index is 12.9. The molecule has 7 nitrogen and oxygen atoms in total. The highest BCUT2D eigenvalue weighted by Gasteiger charge is 2.50. The van der Waals surface area contributed by atoms with Crippen molar-refractivity contribution in [2.24, 2.45) is 0 Å². The van der Waals surface area contributed by atoms with Gasteiger partial charge in [-0.1, -0.05) is 128 Å². The van der Waals surface area contributed by atoms with Gasteiger partial charge in [0.15, 0.2) is 0 Å². The zero-order valence-corrected chi connectivity index (χ0v) is 25.5. The van der Waals surface area contributed by atoms with Crippen LogP contribution < -0.4 is 0 Å². The van der Waals surface area contributed by atoms with Crippen LogP contribution in [0.25, 0.3) is 0 Å². The fourth-order valence-corrected chi connectivity index (χ4v) is 5.32. The first kappa shape index (κ1) is 32.3. The van der Waals surface area contributed by atoms with Crippen LogP contribution in [-0.4, -0.2) is 50.2 Å². The number of ether oxygens (including phenoxy) is 6. The second-order valence-electron chi connectivity index (χ2n) is 10.9. The number of rotatable bonds is 15. The second kappa shape index (κ2) is 16.8. The molecule has 7 heteroatoms. The Kier molecular flexibility index (Phi) is 12.1. The molecule has 1 aliphatic heterocycles. The summed E-state index contributed by atoms with van der Waals surface area (Å²) in [6.45, 7) is 5.54. The molecule has 0 bridgehead atoms. The molecule has 4 aromatic carbocycles. The van der Waals surface area contributed by atoms with E-state index in [1.165, 1.54) is 7.11 Å². The minimum absolute atomic E-state index is 0.137. The largest absolute Gasteiger partial charge is 0.466 e. The SMILES string of the molecule is C=C(C(=O)OC)[C@@H]1O[C@H](COCc2ccccc2)[C@@H](OCc2ccccc2)[C@H](OCc2ccccc2)[C@@H]1OCc1ccccc1. The normalized spacial score (nSPS) is 21.2. The average Bonchev–Trinajstić information content (AvgIpc) is 3.10. The molecule has 5 atom stereocenters. The molecule has 0 aliphatic carbocycles. The average molecular weight is 609 g/mol. The van der Waals surface area contributed by atoms with Crippen molar-refractivity contribution in [1.82, 2.24) is 0 Å². The Hall–Kier alpha value is -4.11. The van der Waals surface area contributed by atoms with Crippen LogP contribution in [0, 0.1) is 0 Å². The number of benzene rings is 4. The van der Waals surface area contributed by atoms with E-state index in [4.69, 9.17) is 28.4 Å². The molecule has 0 aromatic heterocycles. The van der Waals surface area contributed by atoms with Gasteiger partial charge in [-0.15, -0.1) is 0 Å². The molecule has 0 radical (unpaired) electrons. The molecule has 4 aromatic rings. The highest BCUT2D eigenvalue weighted by Crippen LogP contribution is 2.34. The van der Waals surface area contributed by atoms with Crippen LogP contribution in [0.5, 0.6) is 0 Å². The van der Waals surface area contributed by atoms with Crippen LogP contribution in [-0.2, 0) is 59.6 Å². The third-order valence-electron chi connectivity index (χ3n) is 7.67. The van der Waals surface area contributed by atoms with Gasteiger partial charge in [0.2, 0.25) is 0 Å². The summed E-state index contributed by atoms with van der Waals surface area (Å²) in [5, 5.41) is 0. The van der Waals surface area contributed by atoms with E-state index in [1.807, 2.05) is 121 Å². The topological polar surface area (TPSA) is 72.5 Å². The van der Waals surface area contributed by atoms with Crippen LogP contribution in [0.15, 0.2) is 133 Å². The van der Waals surface area contributed by atoms with E-state index < -0.39 is 36.5 Å². The molecule has 0 amide bonds. The molecule has 1 saturated heterocycles. The molecule has 0 unspecified atom stereocenters. The number of carbonyl (C=O) groups excluding carboxylic acids is 1. The molecular weight excluding hydrogens is 568 g/mol. The summed E-state index contributed by atoms with van der Waals surface area (Å²) >= 11 is 0. The van der Waals surface area contributed by atoms with Gasteiger partial charge in [-0.25, -0.2) is 4.79 Å². The minimum atomic E-state index is -0.871. The predicted molar refractivity (Wildman–Crippen MR) is 171 cm³/mol. The zero-order chi connectivity index (χ0) is 31.3. The Morgan fingerprint density at radius 1 is 0.600 bits per heavy atom. The van der Waals surface area contributed by atoms with Crippen LogP contribution in [0.3, 0.4) is 0 Å².